The highest BCUT2D eigenvalue weighted by molar-refractivity contribution is 6.35. The van der Waals surface area contributed by atoms with Gasteiger partial charge in [0.25, 0.3) is 0 Å². The fourth-order valence-electron chi connectivity index (χ4n) is 2.46. The van der Waals surface area contributed by atoms with Gasteiger partial charge in [0.2, 0.25) is 0 Å². The SMILES string of the molecule is CN(Cc1nc(N)c2ccccc2n1)Cc1ccc(Cl)cc1Cl. The first-order valence-electron chi connectivity index (χ1n) is 7.16. The maximum absolute atomic E-state index is 6.22. The zero-order valence-electron chi connectivity index (χ0n) is 12.6. The van der Waals surface area contributed by atoms with Crippen LogP contribution < -0.4 is 5.73 Å². The summed E-state index contributed by atoms with van der Waals surface area (Å²) in [5.41, 5.74) is 7.88. The number of para-hydroxylation sites is 1. The highest BCUT2D eigenvalue weighted by Crippen LogP contribution is 2.23. The van der Waals surface area contributed by atoms with Gasteiger partial charge in [-0.2, -0.15) is 0 Å². The summed E-state index contributed by atoms with van der Waals surface area (Å²) in [5.74, 6) is 1.19. The van der Waals surface area contributed by atoms with Gasteiger partial charge in [0.05, 0.1) is 12.1 Å². The number of benzene rings is 2. The second-order valence-corrected chi connectivity index (χ2v) is 6.29. The second kappa shape index (κ2) is 6.71. The Morgan fingerprint density at radius 2 is 1.83 bits per heavy atom. The summed E-state index contributed by atoms with van der Waals surface area (Å²) >= 11 is 12.1. The molecule has 1 aromatic heterocycles. The molecule has 0 aliphatic rings. The van der Waals surface area contributed by atoms with Crippen molar-refractivity contribution in [3.8, 4) is 0 Å². The maximum atomic E-state index is 6.22. The van der Waals surface area contributed by atoms with E-state index in [0.717, 1.165) is 16.5 Å². The molecule has 0 unspecified atom stereocenters. The molecule has 0 bridgehead atoms. The second-order valence-electron chi connectivity index (χ2n) is 5.45. The number of halogens is 2. The average molecular weight is 347 g/mol. The van der Waals surface area contributed by atoms with Gasteiger partial charge in [0, 0.05) is 22.0 Å². The lowest BCUT2D eigenvalue weighted by Crippen LogP contribution is -2.19. The summed E-state index contributed by atoms with van der Waals surface area (Å²) in [6.07, 6.45) is 0. The van der Waals surface area contributed by atoms with Gasteiger partial charge < -0.3 is 5.73 Å². The van der Waals surface area contributed by atoms with Crippen molar-refractivity contribution < 1.29 is 0 Å². The van der Waals surface area contributed by atoms with Crippen LogP contribution in [0, 0.1) is 0 Å². The first-order chi connectivity index (χ1) is 11.0. The fourth-order valence-corrected chi connectivity index (χ4v) is 2.93. The first-order valence-corrected chi connectivity index (χ1v) is 7.92. The number of nitrogens with two attached hydrogens (primary N) is 1. The lowest BCUT2D eigenvalue weighted by Gasteiger charge is -2.17. The van der Waals surface area contributed by atoms with E-state index in [0.29, 0.717) is 34.8 Å². The topological polar surface area (TPSA) is 55.0 Å². The van der Waals surface area contributed by atoms with Gasteiger partial charge in [-0.15, -0.1) is 0 Å². The van der Waals surface area contributed by atoms with Crippen LogP contribution in [0.15, 0.2) is 42.5 Å². The van der Waals surface area contributed by atoms with Crippen molar-refractivity contribution in [2.75, 3.05) is 12.8 Å². The van der Waals surface area contributed by atoms with Gasteiger partial charge in [-0.3, -0.25) is 4.90 Å². The predicted octanol–water partition coefficient (Wildman–Crippen LogP) is 4.15. The average Bonchev–Trinajstić information content (AvgIpc) is 2.50. The van der Waals surface area contributed by atoms with E-state index in [-0.39, 0.29) is 0 Å². The minimum atomic E-state index is 0.503. The van der Waals surface area contributed by atoms with Crippen LogP contribution in [0.4, 0.5) is 5.82 Å². The summed E-state index contributed by atoms with van der Waals surface area (Å²) in [7, 11) is 1.99. The number of nitrogens with zero attached hydrogens (tertiary/aromatic N) is 3. The molecule has 0 saturated carbocycles. The van der Waals surface area contributed by atoms with Gasteiger partial charge >= 0.3 is 0 Å². The van der Waals surface area contributed by atoms with Crippen LogP contribution in [-0.2, 0) is 13.1 Å². The molecule has 118 valence electrons. The Hall–Kier alpha value is -1.88. The van der Waals surface area contributed by atoms with Crippen LogP contribution in [0.25, 0.3) is 10.9 Å². The fraction of sp³-hybridized carbons (Fsp3) is 0.176. The van der Waals surface area contributed by atoms with Crippen LogP contribution in [0.2, 0.25) is 10.0 Å². The molecule has 0 atom stereocenters. The number of fused-ring (bicyclic) bond motifs is 1. The van der Waals surface area contributed by atoms with Crippen molar-refractivity contribution in [1.29, 1.82) is 0 Å². The van der Waals surface area contributed by atoms with Crippen molar-refractivity contribution in [2.24, 2.45) is 0 Å². The molecule has 2 aromatic carbocycles. The van der Waals surface area contributed by atoms with E-state index in [1.54, 1.807) is 6.07 Å². The van der Waals surface area contributed by atoms with Crippen LogP contribution in [0.1, 0.15) is 11.4 Å². The monoisotopic (exact) mass is 346 g/mol. The summed E-state index contributed by atoms with van der Waals surface area (Å²) in [5, 5.41) is 2.16. The van der Waals surface area contributed by atoms with E-state index in [4.69, 9.17) is 28.9 Å². The van der Waals surface area contributed by atoms with E-state index >= 15 is 0 Å². The highest BCUT2D eigenvalue weighted by atomic mass is 35.5. The van der Waals surface area contributed by atoms with E-state index < -0.39 is 0 Å². The van der Waals surface area contributed by atoms with Gasteiger partial charge in [-0.05, 0) is 36.9 Å². The molecule has 3 aromatic rings. The Bertz CT molecular complexity index is 851. The maximum Gasteiger partial charge on any atom is 0.145 e. The van der Waals surface area contributed by atoms with E-state index in [1.165, 1.54) is 0 Å². The quantitative estimate of drug-likeness (QED) is 0.770. The Morgan fingerprint density at radius 1 is 1.04 bits per heavy atom. The minimum Gasteiger partial charge on any atom is -0.383 e. The summed E-state index contributed by atoms with van der Waals surface area (Å²) < 4.78 is 0. The molecule has 6 heteroatoms. The minimum absolute atomic E-state index is 0.503. The molecule has 0 radical (unpaired) electrons. The number of nitrogen functional groups attached to an aromatic ring is 1. The van der Waals surface area contributed by atoms with E-state index in [1.807, 2.05) is 43.4 Å². The number of rotatable bonds is 4. The molecule has 4 nitrogen and oxygen atoms in total. The standard InChI is InChI=1S/C17H16Cl2N4/c1-23(9-11-6-7-12(18)8-14(11)19)10-16-21-15-5-3-2-4-13(15)17(20)22-16/h2-8H,9-10H2,1H3,(H2,20,21,22). The molecule has 23 heavy (non-hydrogen) atoms. The van der Waals surface area contributed by atoms with Crippen molar-refractivity contribution in [1.82, 2.24) is 14.9 Å². The smallest absolute Gasteiger partial charge is 0.145 e. The summed E-state index contributed by atoms with van der Waals surface area (Å²) in [6.45, 7) is 1.25. The Kier molecular flexibility index (Phi) is 4.66. The van der Waals surface area contributed by atoms with Crippen LogP contribution in [-0.4, -0.2) is 21.9 Å². The predicted molar refractivity (Wildman–Crippen MR) is 95.6 cm³/mol. The van der Waals surface area contributed by atoms with Crippen molar-refractivity contribution >= 4 is 39.9 Å². The third kappa shape index (κ3) is 3.72. The number of hydrogen-bond acceptors (Lipinski definition) is 4. The molecule has 0 spiro atoms. The lowest BCUT2D eigenvalue weighted by atomic mass is 10.2. The van der Waals surface area contributed by atoms with Crippen molar-refractivity contribution in [3.63, 3.8) is 0 Å². The van der Waals surface area contributed by atoms with Gasteiger partial charge in [0.15, 0.2) is 0 Å². The third-order valence-corrected chi connectivity index (χ3v) is 4.13. The lowest BCUT2D eigenvalue weighted by molar-refractivity contribution is 0.311. The molecule has 0 aliphatic heterocycles. The molecule has 0 aliphatic carbocycles. The largest absolute Gasteiger partial charge is 0.383 e. The number of anilines is 1. The molecule has 0 amide bonds. The van der Waals surface area contributed by atoms with Gasteiger partial charge in [-0.1, -0.05) is 41.4 Å². The molecule has 3 rings (SSSR count). The van der Waals surface area contributed by atoms with E-state index in [9.17, 15) is 0 Å². The molecular weight excluding hydrogens is 331 g/mol. The third-order valence-electron chi connectivity index (χ3n) is 3.55. The molecule has 1 heterocycles. The number of hydrogen-bond donors (Lipinski definition) is 1. The number of aromatic nitrogens is 2. The Labute approximate surface area is 144 Å². The van der Waals surface area contributed by atoms with Crippen LogP contribution in [0.3, 0.4) is 0 Å². The normalized spacial score (nSPS) is 11.3. The van der Waals surface area contributed by atoms with Crippen LogP contribution >= 0.6 is 23.2 Å². The van der Waals surface area contributed by atoms with Gasteiger partial charge in [-0.25, -0.2) is 9.97 Å². The van der Waals surface area contributed by atoms with Crippen molar-refractivity contribution in [2.45, 2.75) is 13.1 Å². The van der Waals surface area contributed by atoms with Gasteiger partial charge in [0.1, 0.15) is 11.6 Å². The molecule has 0 fully saturated rings. The van der Waals surface area contributed by atoms with Crippen LogP contribution in [0.5, 0.6) is 0 Å². The molecule has 0 saturated heterocycles. The molecule has 2 N–H and O–H groups in total. The zero-order valence-corrected chi connectivity index (χ0v) is 14.1. The van der Waals surface area contributed by atoms with Crippen molar-refractivity contribution in [3.05, 3.63) is 63.9 Å². The summed E-state index contributed by atoms with van der Waals surface area (Å²) in [6, 6.07) is 13.2. The van der Waals surface area contributed by atoms with E-state index in [2.05, 4.69) is 14.9 Å². The molecular formula is C17H16Cl2N4. The Morgan fingerprint density at radius 3 is 2.61 bits per heavy atom. The Balaban J connectivity index is 1.78. The first kappa shape index (κ1) is 16.0. The highest BCUT2D eigenvalue weighted by Gasteiger charge is 2.10. The summed E-state index contributed by atoms with van der Waals surface area (Å²) in [4.78, 5) is 11.0. The zero-order chi connectivity index (χ0) is 16.4.